The van der Waals surface area contributed by atoms with E-state index in [0.29, 0.717) is 23.3 Å². The van der Waals surface area contributed by atoms with Crippen molar-refractivity contribution in [3.63, 3.8) is 0 Å². The van der Waals surface area contributed by atoms with Crippen molar-refractivity contribution in [1.29, 1.82) is 0 Å². The summed E-state index contributed by atoms with van der Waals surface area (Å²) in [5.41, 5.74) is 0.392. The maximum Gasteiger partial charge on any atom is 0.231 e. The highest BCUT2D eigenvalue weighted by molar-refractivity contribution is 5.54. The quantitative estimate of drug-likeness (QED) is 0.935. The zero-order chi connectivity index (χ0) is 14.7. The number of nitrogens with one attached hydrogen (secondary N) is 1. The predicted octanol–water partition coefficient (Wildman–Crippen LogP) is 3.51. The van der Waals surface area contributed by atoms with Crippen LogP contribution in [0.3, 0.4) is 0 Å². The van der Waals surface area contributed by atoms with Gasteiger partial charge in [-0.1, -0.05) is 37.1 Å². The molecule has 0 amide bonds. The third kappa shape index (κ3) is 2.97. The van der Waals surface area contributed by atoms with Crippen molar-refractivity contribution < 1.29 is 8.91 Å². The molecule has 5 heteroatoms. The topological polar surface area (TPSA) is 51.0 Å². The minimum absolute atomic E-state index is 0.228. The molecule has 2 atom stereocenters. The molecule has 0 saturated heterocycles. The maximum atomic E-state index is 13.8. The summed E-state index contributed by atoms with van der Waals surface area (Å²) < 4.78 is 19.2. The van der Waals surface area contributed by atoms with E-state index in [2.05, 4.69) is 22.4 Å². The van der Waals surface area contributed by atoms with Gasteiger partial charge in [0, 0.05) is 6.04 Å². The van der Waals surface area contributed by atoms with Crippen LogP contribution in [0, 0.1) is 5.82 Å². The van der Waals surface area contributed by atoms with Gasteiger partial charge in [-0.25, -0.2) is 4.39 Å². The normalized spacial score (nSPS) is 22.4. The summed E-state index contributed by atoms with van der Waals surface area (Å²) in [6.45, 7) is 3.03. The Balaban J connectivity index is 1.85. The average Bonchev–Trinajstić information content (AvgIpc) is 2.98. The summed E-state index contributed by atoms with van der Waals surface area (Å²) in [6.07, 6.45) is 4.55. The van der Waals surface area contributed by atoms with Crippen LogP contribution in [-0.4, -0.2) is 22.7 Å². The molecule has 1 fully saturated rings. The molecule has 21 heavy (non-hydrogen) atoms. The molecule has 1 aromatic carbocycles. The van der Waals surface area contributed by atoms with Crippen LogP contribution in [0.15, 0.2) is 28.8 Å². The van der Waals surface area contributed by atoms with Gasteiger partial charge in [0.1, 0.15) is 5.82 Å². The molecule has 1 aliphatic carbocycles. The van der Waals surface area contributed by atoms with Gasteiger partial charge in [-0.2, -0.15) is 4.98 Å². The van der Waals surface area contributed by atoms with Crippen molar-refractivity contribution in [3.8, 4) is 11.4 Å². The SMILES string of the molecule is CCNC1CCCCC1c1nc(-c2ccccc2F)no1. The van der Waals surface area contributed by atoms with E-state index in [0.717, 1.165) is 19.4 Å². The van der Waals surface area contributed by atoms with Crippen LogP contribution in [0.2, 0.25) is 0 Å². The van der Waals surface area contributed by atoms with E-state index in [1.165, 1.54) is 18.9 Å². The molecule has 1 aromatic heterocycles. The van der Waals surface area contributed by atoms with E-state index in [4.69, 9.17) is 4.52 Å². The first-order valence-corrected chi connectivity index (χ1v) is 7.61. The number of nitrogens with zero attached hydrogens (tertiary/aromatic N) is 2. The summed E-state index contributed by atoms with van der Waals surface area (Å²) in [5, 5.41) is 7.45. The average molecular weight is 289 g/mol. The molecular weight excluding hydrogens is 269 g/mol. The van der Waals surface area contributed by atoms with Crippen molar-refractivity contribution >= 4 is 0 Å². The smallest absolute Gasteiger partial charge is 0.231 e. The minimum atomic E-state index is -0.322. The summed E-state index contributed by atoms with van der Waals surface area (Å²) >= 11 is 0. The van der Waals surface area contributed by atoms with E-state index >= 15 is 0 Å². The van der Waals surface area contributed by atoms with E-state index < -0.39 is 0 Å². The van der Waals surface area contributed by atoms with Gasteiger partial charge < -0.3 is 9.84 Å². The van der Waals surface area contributed by atoms with E-state index in [1.54, 1.807) is 18.2 Å². The van der Waals surface area contributed by atoms with Crippen LogP contribution in [0.4, 0.5) is 4.39 Å². The molecule has 112 valence electrons. The second-order valence-electron chi connectivity index (χ2n) is 5.49. The Bertz CT molecular complexity index is 597. The summed E-state index contributed by atoms with van der Waals surface area (Å²) in [7, 11) is 0. The molecule has 0 aliphatic heterocycles. The zero-order valence-corrected chi connectivity index (χ0v) is 12.2. The molecule has 0 bridgehead atoms. The lowest BCUT2D eigenvalue weighted by molar-refractivity contribution is 0.265. The van der Waals surface area contributed by atoms with Crippen molar-refractivity contribution in [3.05, 3.63) is 36.0 Å². The van der Waals surface area contributed by atoms with Gasteiger partial charge in [0.15, 0.2) is 0 Å². The summed E-state index contributed by atoms with van der Waals surface area (Å²) in [4.78, 5) is 4.44. The number of hydrogen-bond acceptors (Lipinski definition) is 4. The molecule has 0 radical (unpaired) electrons. The molecule has 2 unspecified atom stereocenters. The van der Waals surface area contributed by atoms with Crippen molar-refractivity contribution in [2.24, 2.45) is 0 Å². The van der Waals surface area contributed by atoms with Crippen LogP contribution < -0.4 is 5.32 Å². The number of benzene rings is 1. The molecule has 1 saturated carbocycles. The van der Waals surface area contributed by atoms with Crippen LogP contribution >= 0.6 is 0 Å². The van der Waals surface area contributed by atoms with Gasteiger partial charge in [0.05, 0.1) is 11.5 Å². The van der Waals surface area contributed by atoms with Crippen LogP contribution in [0.5, 0.6) is 0 Å². The second-order valence-corrected chi connectivity index (χ2v) is 5.49. The Hall–Kier alpha value is -1.75. The Morgan fingerprint density at radius 3 is 2.90 bits per heavy atom. The van der Waals surface area contributed by atoms with E-state index in [-0.39, 0.29) is 11.7 Å². The van der Waals surface area contributed by atoms with E-state index in [1.807, 2.05) is 0 Å². The second kappa shape index (κ2) is 6.35. The molecule has 1 N–H and O–H groups in total. The predicted molar refractivity (Wildman–Crippen MR) is 78.4 cm³/mol. The summed E-state index contributed by atoms with van der Waals surface area (Å²) in [6, 6.07) is 6.89. The Morgan fingerprint density at radius 2 is 2.10 bits per heavy atom. The fourth-order valence-corrected chi connectivity index (χ4v) is 3.07. The Morgan fingerprint density at radius 1 is 1.29 bits per heavy atom. The summed E-state index contributed by atoms with van der Waals surface area (Å²) in [5.74, 6) is 0.867. The fourth-order valence-electron chi connectivity index (χ4n) is 3.07. The largest absolute Gasteiger partial charge is 0.339 e. The lowest BCUT2D eigenvalue weighted by atomic mass is 9.84. The first-order chi connectivity index (χ1) is 10.3. The molecule has 0 spiro atoms. The van der Waals surface area contributed by atoms with Crippen LogP contribution in [-0.2, 0) is 0 Å². The van der Waals surface area contributed by atoms with E-state index in [9.17, 15) is 4.39 Å². The monoisotopic (exact) mass is 289 g/mol. The van der Waals surface area contributed by atoms with Gasteiger partial charge in [-0.05, 0) is 31.5 Å². The third-order valence-corrected chi connectivity index (χ3v) is 4.11. The highest BCUT2D eigenvalue weighted by Gasteiger charge is 2.30. The number of halogens is 1. The van der Waals surface area contributed by atoms with Gasteiger partial charge in [-0.15, -0.1) is 0 Å². The molecule has 1 aliphatic rings. The number of rotatable bonds is 4. The Labute approximate surface area is 123 Å². The molecule has 2 aromatic rings. The van der Waals surface area contributed by atoms with Crippen molar-refractivity contribution in [1.82, 2.24) is 15.5 Å². The lowest BCUT2D eigenvalue weighted by Gasteiger charge is -2.29. The number of hydrogen-bond donors (Lipinski definition) is 1. The number of aromatic nitrogens is 2. The highest BCUT2D eigenvalue weighted by Crippen LogP contribution is 2.33. The maximum absolute atomic E-state index is 13.8. The zero-order valence-electron chi connectivity index (χ0n) is 12.2. The fraction of sp³-hybridized carbons (Fsp3) is 0.500. The van der Waals surface area contributed by atoms with Crippen molar-refractivity contribution in [2.75, 3.05) is 6.54 Å². The van der Waals surface area contributed by atoms with Gasteiger partial charge >= 0.3 is 0 Å². The minimum Gasteiger partial charge on any atom is -0.339 e. The van der Waals surface area contributed by atoms with Gasteiger partial charge in [0.2, 0.25) is 11.7 Å². The standard InChI is InChI=1S/C16H20FN3O/c1-2-18-14-10-6-4-8-12(14)16-19-15(20-21-16)11-7-3-5-9-13(11)17/h3,5,7,9,12,14,18H,2,4,6,8,10H2,1H3. The van der Waals surface area contributed by atoms with Crippen LogP contribution in [0.1, 0.15) is 44.4 Å². The molecule has 4 nitrogen and oxygen atoms in total. The molecule has 1 heterocycles. The van der Waals surface area contributed by atoms with Gasteiger partial charge in [0.25, 0.3) is 0 Å². The first kappa shape index (κ1) is 14.2. The molecule has 3 rings (SSSR count). The highest BCUT2D eigenvalue weighted by atomic mass is 19.1. The number of likely N-dealkylation sites (N-methyl/N-ethyl adjacent to an activating group) is 1. The van der Waals surface area contributed by atoms with Gasteiger partial charge in [-0.3, -0.25) is 0 Å². The Kier molecular flexibility index (Phi) is 4.29. The van der Waals surface area contributed by atoms with Crippen molar-refractivity contribution in [2.45, 2.75) is 44.6 Å². The molecular formula is C16H20FN3O. The first-order valence-electron chi connectivity index (χ1n) is 7.61. The van der Waals surface area contributed by atoms with Crippen LogP contribution in [0.25, 0.3) is 11.4 Å². The third-order valence-electron chi connectivity index (χ3n) is 4.11. The lowest BCUT2D eigenvalue weighted by Crippen LogP contribution is -2.37.